The van der Waals surface area contributed by atoms with Crippen LogP contribution in [0.3, 0.4) is 0 Å². The van der Waals surface area contributed by atoms with E-state index in [1.165, 1.54) is 0 Å². The van der Waals surface area contributed by atoms with E-state index in [2.05, 4.69) is 5.32 Å². The molecule has 0 aromatic carbocycles. The Kier molecular flexibility index (Phi) is 7.14. The van der Waals surface area contributed by atoms with Gasteiger partial charge >= 0.3 is 0 Å². The number of nitrogens with two attached hydrogens (primary N) is 1. The number of carbonyl (C=O) groups is 2. The van der Waals surface area contributed by atoms with Crippen LogP contribution in [0.25, 0.3) is 0 Å². The summed E-state index contributed by atoms with van der Waals surface area (Å²) < 4.78 is 0. The smallest absolute Gasteiger partial charge is 0.217 e. The van der Waals surface area contributed by atoms with Gasteiger partial charge in [-0.1, -0.05) is 41.0 Å². The fraction of sp³-hybridized carbons (Fsp3) is 0.857. The molecule has 0 aliphatic rings. The van der Waals surface area contributed by atoms with Gasteiger partial charge in [-0.15, -0.1) is 0 Å². The van der Waals surface area contributed by atoms with E-state index in [1.807, 2.05) is 34.6 Å². The first kappa shape index (κ1) is 17.1. The zero-order chi connectivity index (χ0) is 14.3. The van der Waals surface area contributed by atoms with E-state index in [4.69, 9.17) is 5.73 Å². The molecule has 1 atom stereocenters. The second kappa shape index (κ2) is 7.52. The molecule has 0 heterocycles. The zero-order valence-electron chi connectivity index (χ0n) is 12.4. The molecule has 0 fully saturated rings. The molecule has 0 saturated heterocycles. The van der Waals surface area contributed by atoms with Gasteiger partial charge in [0.05, 0.1) is 6.04 Å². The lowest BCUT2D eigenvalue weighted by molar-refractivity contribution is -0.128. The van der Waals surface area contributed by atoms with Crippen LogP contribution in [0, 0.1) is 5.41 Å². The normalized spacial score (nSPS) is 13.7. The molecule has 0 bridgehead atoms. The fourth-order valence-electron chi connectivity index (χ4n) is 1.86. The van der Waals surface area contributed by atoms with E-state index in [0.29, 0.717) is 6.42 Å². The van der Waals surface area contributed by atoms with Crippen molar-refractivity contribution >= 4 is 11.7 Å². The van der Waals surface area contributed by atoms with E-state index >= 15 is 0 Å². The van der Waals surface area contributed by atoms with Crippen molar-refractivity contribution in [3.8, 4) is 0 Å². The second-order valence-electron chi connectivity index (χ2n) is 6.20. The summed E-state index contributed by atoms with van der Waals surface area (Å²) in [4.78, 5) is 22.9. The zero-order valence-corrected chi connectivity index (χ0v) is 12.4. The second-order valence-corrected chi connectivity index (χ2v) is 6.20. The number of carbonyl (C=O) groups excluding carboxylic acids is 2. The summed E-state index contributed by atoms with van der Waals surface area (Å²) >= 11 is 0. The monoisotopic (exact) mass is 256 g/mol. The van der Waals surface area contributed by atoms with Gasteiger partial charge in [0.1, 0.15) is 0 Å². The molecule has 4 heteroatoms. The van der Waals surface area contributed by atoms with Gasteiger partial charge in [0.25, 0.3) is 0 Å². The van der Waals surface area contributed by atoms with Crippen molar-refractivity contribution in [2.24, 2.45) is 11.1 Å². The molecule has 0 aromatic rings. The molecule has 3 N–H and O–H groups in total. The molecule has 4 nitrogen and oxygen atoms in total. The highest BCUT2D eigenvalue weighted by molar-refractivity contribution is 5.88. The van der Waals surface area contributed by atoms with Crippen LogP contribution in [-0.2, 0) is 9.59 Å². The Hall–Kier alpha value is -0.900. The van der Waals surface area contributed by atoms with Gasteiger partial charge in [-0.2, -0.15) is 0 Å². The first-order valence-electron chi connectivity index (χ1n) is 6.73. The molecule has 0 aromatic heterocycles. The van der Waals surface area contributed by atoms with Crippen LogP contribution in [0.5, 0.6) is 0 Å². The van der Waals surface area contributed by atoms with Crippen molar-refractivity contribution < 1.29 is 9.59 Å². The molecule has 18 heavy (non-hydrogen) atoms. The average Bonchev–Trinajstić information content (AvgIpc) is 2.19. The van der Waals surface area contributed by atoms with E-state index in [0.717, 1.165) is 19.3 Å². The standard InChI is InChI=1S/C14H28N2O2/c1-10(2)16-11(13(18)14(3,4)5)8-6-7-9-12(15)17/h10-11,16H,6-9H2,1-5H3,(H2,15,17)/t11-/m0/s1. The SMILES string of the molecule is CC(C)N[C@@H](CCCCC(N)=O)C(=O)C(C)(C)C. The number of Topliss-reactive ketones (excluding diaryl/α,β-unsaturated/α-hetero) is 1. The molecular weight excluding hydrogens is 228 g/mol. The summed E-state index contributed by atoms with van der Waals surface area (Å²) in [5, 5.41) is 3.31. The maximum Gasteiger partial charge on any atom is 0.217 e. The summed E-state index contributed by atoms with van der Waals surface area (Å²) in [5.74, 6) is -0.0409. The van der Waals surface area contributed by atoms with Crippen LogP contribution in [0.1, 0.15) is 60.3 Å². The minimum atomic E-state index is -0.337. The predicted octanol–water partition coefficient (Wildman–Crippen LogP) is 2.01. The van der Waals surface area contributed by atoms with Crippen molar-refractivity contribution in [3.05, 3.63) is 0 Å². The average molecular weight is 256 g/mol. The quantitative estimate of drug-likeness (QED) is 0.653. The Labute approximate surface area is 111 Å². The molecule has 0 rings (SSSR count). The summed E-state index contributed by atoms with van der Waals surface area (Å²) in [5.41, 5.74) is 4.76. The molecule has 0 saturated carbocycles. The summed E-state index contributed by atoms with van der Waals surface area (Å²) in [6.45, 7) is 9.88. The van der Waals surface area contributed by atoms with Crippen molar-refractivity contribution in [1.82, 2.24) is 5.32 Å². The number of unbranched alkanes of at least 4 members (excludes halogenated alkanes) is 1. The topological polar surface area (TPSA) is 72.2 Å². The van der Waals surface area contributed by atoms with E-state index in [-0.39, 0.29) is 29.2 Å². The number of primary amides is 1. The van der Waals surface area contributed by atoms with Gasteiger partial charge in [-0.05, 0) is 12.8 Å². The van der Waals surface area contributed by atoms with E-state index < -0.39 is 0 Å². The Bertz CT molecular complexity index is 280. The predicted molar refractivity (Wildman–Crippen MR) is 74.2 cm³/mol. The van der Waals surface area contributed by atoms with E-state index in [1.54, 1.807) is 0 Å². The molecule has 0 aliphatic heterocycles. The molecule has 106 valence electrons. The summed E-state index contributed by atoms with van der Waals surface area (Å²) in [6.07, 6.45) is 2.76. The van der Waals surface area contributed by atoms with Gasteiger partial charge in [0.2, 0.25) is 5.91 Å². The third-order valence-electron chi connectivity index (χ3n) is 2.76. The molecule has 0 radical (unpaired) electrons. The number of amides is 1. The van der Waals surface area contributed by atoms with Crippen LogP contribution in [0.2, 0.25) is 0 Å². The van der Waals surface area contributed by atoms with Crippen molar-refractivity contribution in [1.29, 1.82) is 0 Å². The maximum absolute atomic E-state index is 12.3. The van der Waals surface area contributed by atoms with Crippen molar-refractivity contribution in [3.63, 3.8) is 0 Å². The van der Waals surface area contributed by atoms with Gasteiger partial charge in [-0.3, -0.25) is 9.59 Å². The van der Waals surface area contributed by atoms with Crippen LogP contribution in [-0.4, -0.2) is 23.8 Å². The molecular formula is C14H28N2O2. The Morgan fingerprint density at radius 2 is 1.72 bits per heavy atom. The summed E-state index contributed by atoms with van der Waals surface area (Å²) in [7, 11) is 0. The van der Waals surface area contributed by atoms with Gasteiger partial charge in [0.15, 0.2) is 5.78 Å². The minimum absolute atomic E-state index is 0.127. The van der Waals surface area contributed by atoms with Gasteiger partial charge in [-0.25, -0.2) is 0 Å². The van der Waals surface area contributed by atoms with Crippen LogP contribution < -0.4 is 11.1 Å². The minimum Gasteiger partial charge on any atom is -0.370 e. The lowest BCUT2D eigenvalue weighted by Gasteiger charge is -2.27. The lowest BCUT2D eigenvalue weighted by Crippen LogP contribution is -2.45. The highest BCUT2D eigenvalue weighted by Gasteiger charge is 2.29. The highest BCUT2D eigenvalue weighted by atomic mass is 16.1. The molecule has 0 unspecified atom stereocenters. The van der Waals surface area contributed by atoms with Crippen LogP contribution in [0.4, 0.5) is 0 Å². The van der Waals surface area contributed by atoms with E-state index in [9.17, 15) is 9.59 Å². The number of nitrogens with one attached hydrogen (secondary N) is 1. The maximum atomic E-state index is 12.3. The van der Waals surface area contributed by atoms with Gasteiger partial charge in [0, 0.05) is 17.9 Å². The fourth-order valence-corrected chi connectivity index (χ4v) is 1.86. The molecule has 1 amide bonds. The summed E-state index contributed by atoms with van der Waals surface area (Å²) in [6, 6.07) is 0.148. The Morgan fingerprint density at radius 1 is 1.17 bits per heavy atom. The van der Waals surface area contributed by atoms with Gasteiger partial charge < -0.3 is 11.1 Å². The molecule has 0 spiro atoms. The lowest BCUT2D eigenvalue weighted by atomic mass is 9.84. The Balaban J connectivity index is 4.32. The number of hydrogen-bond acceptors (Lipinski definition) is 3. The first-order valence-corrected chi connectivity index (χ1v) is 6.73. The number of ketones is 1. The van der Waals surface area contributed by atoms with Crippen molar-refractivity contribution in [2.75, 3.05) is 0 Å². The largest absolute Gasteiger partial charge is 0.370 e. The molecule has 0 aliphatic carbocycles. The Morgan fingerprint density at radius 3 is 2.11 bits per heavy atom. The van der Waals surface area contributed by atoms with Crippen LogP contribution >= 0.6 is 0 Å². The number of rotatable bonds is 8. The van der Waals surface area contributed by atoms with Crippen LogP contribution in [0.15, 0.2) is 0 Å². The third kappa shape index (κ3) is 7.43. The number of hydrogen-bond donors (Lipinski definition) is 2. The highest BCUT2D eigenvalue weighted by Crippen LogP contribution is 2.20. The third-order valence-corrected chi connectivity index (χ3v) is 2.76. The first-order chi connectivity index (χ1) is 8.14. The van der Waals surface area contributed by atoms with Crippen molar-refractivity contribution in [2.45, 2.75) is 72.4 Å².